The maximum atomic E-state index is 11.3. The summed E-state index contributed by atoms with van der Waals surface area (Å²) < 4.78 is 12.2. The van der Waals surface area contributed by atoms with E-state index in [1.807, 2.05) is 0 Å². The molecule has 0 aliphatic heterocycles. The Morgan fingerprint density at radius 1 is 1.33 bits per heavy atom. The summed E-state index contributed by atoms with van der Waals surface area (Å²) in [5.41, 5.74) is 0.175. The van der Waals surface area contributed by atoms with Crippen LogP contribution >= 0.6 is 0 Å². The van der Waals surface area contributed by atoms with Crippen LogP contribution in [-0.2, 0) is 0 Å². The molecule has 2 aromatic rings. The number of rotatable bonds is 8. The fourth-order valence-corrected chi connectivity index (χ4v) is 1.89. The molecule has 24 heavy (non-hydrogen) atoms. The lowest BCUT2D eigenvalue weighted by atomic mass is 10.1. The van der Waals surface area contributed by atoms with Gasteiger partial charge in [0.15, 0.2) is 11.5 Å². The highest BCUT2D eigenvalue weighted by Gasteiger charge is 2.19. The number of nitro groups is 1. The van der Waals surface area contributed by atoms with E-state index in [2.05, 4.69) is 29.1 Å². The molecular formula is C15H19N5O4. The van der Waals surface area contributed by atoms with E-state index in [0.29, 0.717) is 29.6 Å². The van der Waals surface area contributed by atoms with Crippen LogP contribution in [0.1, 0.15) is 25.8 Å². The van der Waals surface area contributed by atoms with Crippen molar-refractivity contribution in [1.82, 2.24) is 14.9 Å². The molecule has 9 heteroatoms. The van der Waals surface area contributed by atoms with Crippen molar-refractivity contribution in [2.75, 3.05) is 13.7 Å². The Balaban J connectivity index is 2.31. The minimum absolute atomic E-state index is 0.118. The zero-order chi connectivity index (χ0) is 17.5. The molecule has 0 fully saturated rings. The van der Waals surface area contributed by atoms with Gasteiger partial charge in [-0.05, 0) is 18.4 Å². The van der Waals surface area contributed by atoms with Crippen LogP contribution in [0, 0.1) is 16.0 Å². The lowest BCUT2D eigenvalue weighted by Crippen LogP contribution is -2.04. The molecule has 0 unspecified atom stereocenters. The molecule has 128 valence electrons. The summed E-state index contributed by atoms with van der Waals surface area (Å²) in [5, 5.41) is 22.6. The molecule has 0 spiro atoms. The van der Waals surface area contributed by atoms with Gasteiger partial charge in [-0.1, -0.05) is 13.8 Å². The first kappa shape index (κ1) is 17.4. The Morgan fingerprint density at radius 2 is 2.04 bits per heavy atom. The fraction of sp³-hybridized carbons (Fsp3) is 0.400. The SMILES string of the molecule is COc1cc(C=Nn2cnnc2)c([N+](=O)[O-])cc1OCCC(C)C. The Labute approximate surface area is 139 Å². The van der Waals surface area contributed by atoms with Crippen LogP contribution in [0.5, 0.6) is 11.5 Å². The van der Waals surface area contributed by atoms with E-state index >= 15 is 0 Å². The van der Waals surface area contributed by atoms with Crippen molar-refractivity contribution in [3.05, 3.63) is 40.5 Å². The second kappa shape index (κ2) is 8.04. The molecule has 0 radical (unpaired) electrons. The van der Waals surface area contributed by atoms with Gasteiger partial charge in [0, 0.05) is 0 Å². The molecule has 0 atom stereocenters. The standard InChI is InChI=1S/C15H19N5O4/c1-11(2)4-5-24-15-7-13(20(21)22)12(6-14(15)23-3)8-18-19-9-16-17-10-19/h6-11H,4-5H2,1-3H3. The second-order valence-corrected chi connectivity index (χ2v) is 5.44. The van der Waals surface area contributed by atoms with E-state index in [9.17, 15) is 10.1 Å². The number of hydrogen-bond donors (Lipinski definition) is 0. The van der Waals surface area contributed by atoms with Gasteiger partial charge in [-0.2, -0.15) is 5.10 Å². The van der Waals surface area contributed by atoms with Crippen molar-refractivity contribution in [2.24, 2.45) is 11.0 Å². The molecule has 1 heterocycles. The van der Waals surface area contributed by atoms with Crippen LogP contribution in [-0.4, -0.2) is 39.7 Å². The molecule has 0 amide bonds. The van der Waals surface area contributed by atoms with E-state index in [-0.39, 0.29) is 5.69 Å². The van der Waals surface area contributed by atoms with Gasteiger partial charge in [0.2, 0.25) is 0 Å². The summed E-state index contributed by atoms with van der Waals surface area (Å²) in [6.07, 6.45) is 4.95. The van der Waals surface area contributed by atoms with Crippen LogP contribution < -0.4 is 9.47 Å². The normalized spacial score (nSPS) is 11.2. The Kier molecular flexibility index (Phi) is 5.83. The first-order valence-corrected chi connectivity index (χ1v) is 7.39. The molecule has 1 aromatic carbocycles. The van der Waals surface area contributed by atoms with Crippen molar-refractivity contribution < 1.29 is 14.4 Å². The highest BCUT2D eigenvalue weighted by atomic mass is 16.6. The lowest BCUT2D eigenvalue weighted by Gasteiger charge is -2.12. The van der Waals surface area contributed by atoms with Gasteiger partial charge in [-0.3, -0.25) is 10.1 Å². The highest BCUT2D eigenvalue weighted by molar-refractivity contribution is 5.86. The van der Waals surface area contributed by atoms with Crippen molar-refractivity contribution in [2.45, 2.75) is 20.3 Å². The van der Waals surface area contributed by atoms with E-state index < -0.39 is 4.92 Å². The van der Waals surface area contributed by atoms with E-state index in [1.165, 1.54) is 42.8 Å². The fourth-order valence-electron chi connectivity index (χ4n) is 1.89. The Bertz CT molecular complexity index is 713. The molecule has 1 aromatic heterocycles. The summed E-state index contributed by atoms with van der Waals surface area (Å²) in [7, 11) is 1.48. The predicted molar refractivity (Wildman–Crippen MR) is 87.6 cm³/mol. The second-order valence-electron chi connectivity index (χ2n) is 5.44. The van der Waals surface area contributed by atoms with Crippen LogP contribution in [0.4, 0.5) is 5.69 Å². The molecule has 0 saturated carbocycles. The summed E-state index contributed by atoms with van der Waals surface area (Å²) in [5.74, 6) is 1.22. The number of methoxy groups -OCH3 is 1. The number of nitro benzene ring substituents is 1. The van der Waals surface area contributed by atoms with E-state index in [0.717, 1.165) is 6.42 Å². The average Bonchev–Trinajstić information content (AvgIpc) is 3.05. The zero-order valence-corrected chi connectivity index (χ0v) is 13.7. The summed E-state index contributed by atoms with van der Waals surface area (Å²) >= 11 is 0. The quantitative estimate of drug-likeness (QED) is 0.417. The maximum absolute atomic E-state index is 11.3. The van der Waals surface area contributed by atoms with Crippen LogP contribution in [0.2, 0.25) is 0 Å². The third-order valence-corrected chi connectivity index (χ3v) is 3.20. The van der Waals surface area contributed by atoms with Crippen molar-refractivity contribution in [3.8, 4) is 11.5 Å². The van der Waals surface area contributed by atoms with Gasteiger partial charge in [0.05, 0.1) is 36.5 Å². The average molecular weight is 333 g/mol. The van der Waals surface area contributed by atoms with E-state index in [4.69, 9.17) is 9.47 Å². The molecular weight excluding hydrogens is 314 g/mol. The molecule has 0 aliphatic carbocycles. The minimum Gasteiger partial charge on any atom is -0.493 e. The third kappa shape index (κ3) is 4.51. The number of hydrogen-bond acceptors (Lipinski definition) is 7. The first-order chi connectivity index (χ1) is 11.5. The number of nitrogens with zero attached hydrogens (tertiary/aromatic N) is 5. The molecule has 0 bridgehead atoms. The molecule has 9 nitrogen and oxygen atoms in total. The third-order valence-electron chi connectivity index (χ3n) is 3.20. The monoisotopic (exact) mass is 333 g/mol. The Hall–Kier alpha value is -2.97. The molecule has 0 aliphatic rings. The van der Waals surface area contributed by atoms with Crippen molar-refractivity contribution in [3.63, 3.8) is 0 Å². The Morgan fingerprint density at radius 3 is 2.62 bits per heavy atom. The smallest absolute Gasteiger partial charge is 0.282 e. The summed E-state index contributed by atoms with van der Waals surface area (Å²) in [6, 6.07) is 2.88. The van der Waals surface area contributed by atoms with E-state index in [1.54, 1.807) is 0 Å². The summed E-state index contributed by atoms with van der Waals surface area (Å²) in [6.45, 7) is 4.61. The number of benzene rings is 1. The van der Waals surface area contributed by atoms with Gasteiger partial charge in [0.1, 0.15) is 12.7 Å². The predicted octanol–water partition coefficient (Wildman–Crippen LogP) is 2.50. The van der Waals surface area contributed by atoms with Gasteiger partial charge in [-0.15, -0.1) is 10.2 Å². The number of ether oxygens (including phenoxy) is 2. The van der Waals surface area contributed by atoms with Gasteiger partial charge in [0.25, 0.3) is 5.69 Å². The largest absolute Gasteiger partial charge is 0.493 e. The molecule has 2 rings (SSSR count). The summed E-state index contributed by atoms with van der Waals surface area (Å²) in [4.78, 5) is 10.8. The zero-order valence-electron chi connectivity index (χ0n) is 13.7. The van der Waals surface area contributed by atoms with Crippen molar-refractivity contribution in [1.29, 1.82) is 0 Å². The first-order valence-electron chi connectivity index (χ1n) is 7.39. The van der Waals surface area contributed by atoms with Crippen LogP contribution in [0.3, 0.4) is 0 Å². The van der Waals surface area contributed by atoms with Gasteiger partial charge < -0.3 is 9.47 Å². The highest BCUT2D eigenvalue weighted by Crippen LogP contribution is 2.34. The van der Waals surface area contributed by atoms with Crippen LogP contribution in [0.15, 0.2) is 29.9 Å². The van der Waals surface area contributed by atoms with Crippen LogP contribution in [0.25, 0.3) is 0 Å². The topological polar surface area (TPSA) is 105 Å². The lowest BCUT2D eigenvalue weighted by molar-refractivity contribution is -0.385. The molecule has 0 N–H and O–H groups in total. The maximum Gasteiger partial charge on any atom is 0.282 e. The number of aromatic nitrogens is 3. The molecule has 0 saturated heterocycles. The van der Waals surface area contributed by atoms with Gasteiger partial charge in [-0.25, -0.2) is 4.68 Å². The van der Waals surface area contributed by atoms with Gasteiger partial charge >= 0.3 is 0 Å². The minimum atomic E-state index is -0.484. The van der Waals surface area contributed by atoms with Crippen molar-refractivity contribution >= 4 is 11.9 Å².